The molecule has 0 aliphatic carbocycles. The zero-order chi connectivity index (χ0) is 41.8. The number of rotatable bonds is 39. The number of esters is 1. The monoisotopic (exact) mass is 806 g/mol. The van der Waals surface area contributed by atoms with Crippen molar-refractivity contribution in [2.75, 3.05) is 58.9 Å². The number of nitrogens with one attached hydrogen (secondary N) is 2. The Balaban J connectivity index is 2.72. The van der Waals surface area contributed by atoms with Crippen molar-refractivity contribution in [3.8, 4) is 0 Å². The summed E-state index contributed by atoms with van der Waals surface area (Å²) in [5.41, 5.74) is 0. The van der Waals surface area contributed by atoms with Gasteiger partial charge in [0.15, 0.2) is 0 Å². The van der Waals surface area contributed by atoms with E-state index in [4.69, 9.17) is 4.74 Å². The molecule has 1 heterocycles. The highest BCUT2D eigenvalue weighted by molar-refractivity contribution is 5.77. The third-order valence-electron chi connectivity index (χ3n) is 12.1. The van der Waals surface area contributed by atoms with E-state index < -0.39 is 0 Å². The number of unbranched alkanes of at least 4 members (excludes halogenated alkanes) is 12. The Morgan fingerprint density at radius 1 is 0.474 bits per heavy atom. The number of amides is 2. The number of hydrogen-bond donors (Lipinski definition) is 2. The first-order valence-electron chi connectivity index (χ1n) is 24.7. The summed E-state index contributed by atoms with van der Waals surface area (Å²) in [5, 5.41) is 6.78. The zero-order valence-electron chi connectivity index (χ0n) is 38.7. The lowest BCUT2D eigenvalue weighted by Gasteiger charge is -2.35. The van der Waals surface area contributed by atoms with Crippen molar-refractivity contribution in [3.63, 3.8) is 0 Å². The van der Waals surface area contributed by atoms with E-state index in [9.17, 15) is 14.4 Å². The first-order valence-corrected chi connectivity index (χ1v) is 24.7. The Bertz CT molecular complexity index is 917. The number of hydrogen-bond acceptors (Lipinski definition) is 7. The molecule has 0 aromatic heterocycles. The van der Waals surface area contributed by atoms with Crippen LogP contribution in [0.25, 0.3) is 0 Å². The minimum atomic E-state index is -0.0425. The number of ether oxygens (including phenoxy) is 1. The zero-order valence-corrected chi connectivity index (χ0v) is 38.7. The first kappa shape index (κ1) is 53.3. The van der Waals surface area contributed by atoms with Crippen LogP contribution in [0.15, 0.2) is 0 Å². The molecule has 1 rings (SSSR count). The van der Waals surface area contributed by atoms with Gasteiger partial charge < -0.3 is 25.2 Å². The largest absolute Gasteiger partial charge is 0.462 e. The standard InChI is InChI=1S/C48H95N5O4/c1-7-13-19-22-27-43(25-16-10-4)49-46(54)31-34-51(35-32-47(55)50-44(26-17-11-5)28-23-20-14-8-2)37-40-53-41-38-52(39-42-53)36-33-48(56)57-45(29-18-12-6)30-24-21-15-9-3/h43-45H,7-42H2,1-6H3,(H,49,54)(H,50,55). The molecule has 0 bridgehead atoms. The third kappa shape index (κ3) is 30.0. The summed E-state index contributed by atoms with van der Waals surface area (Å²) < 4.78 is 5.98. The van der Waals surface area contributed by atoms with Crippen molar-refractivity contribution < 1.29 is 19.1 Å². The lowest BCUT2D eigenvalue weighted by Crippen LogP contribution is -2.49. The minimum Gasteiger partial charge on any atom is -0.462 e. The van der Waals surface area contributed by atoms with Gasteiger partial charge >= 0.3 is 5.97 Å². The van der Waals surface area contributed by atoms with Crippen molar-refractivity contribution in [2.45, 2.75) is 233 Å². The molecule has 0 aromatic carbocycles. The van der Waals surface area contributed by atoms with Gasteiger partial charge in [-0.25, -0.2) is 0 Å². The maximum atomic E-state index is 13.3. The van der Waals surface area contributed by atoms with E-state index in [0.29, 0.717) is 32.4 Å². The summed E-state index contributed by atoms with van der Waals surface area (Å²) in [6.45, 7) is 21.1. The summed E-state index contributed by atoms with van der Waals surface area (Å²) in [4.78, 5) is 46.7. The summed E-state index contributed by atoms with van der Waals surface area (Å²) in [6.07, 6.45) is 29.2. The molecule has 336 valence electrons. The van der Waals surface area contributed by atoms with Crippen LogP contribution in [0.2, 0.25) is 0 Å². The van der Waals surface area contributed by atoms with Crippen LogP contribution in [0.1, 0.15) is 215 Å². The Kier molecular flexibility index (Phi) is 34.9. The van der Waals surface area contributed by atoms with Gasteiger partial charge in [-0.05, 0) is 44.9 Å². The Morgan fingerprint density at radius 2 is 0.860 bits per heavy atom. The van der Waals surface area contributed by atoms with Gasteiger partial charge in [0.05, 0.1) is 6.42 Å². The van der Waals surface area contributed by atoms with E-state index in [0.717, 1.165) is 129 Å². The molecule has 1 aliphatic rings. The number of carbonyl (C=O) groups is 3. The smallest absolute Gasteiger partial charge is 0.307 e. The molecule has 3 atom stereocenters. The fourth-order valence-electron chi connectivity index (χ4n) is 8.07. The predicted octanol–water partition coefficient (Wildman–Crippen LogP) is 10.4. The van der Waals surface area contributed by atoms with Gasteiger partial charge in [0.2, 0.25) is 11.8 Å². The first-order chi connectivity index (χ1) is 27.8. The molecule has 2 amide bonds. The second-order valence-electron chi connectivity index (χ2n) is 17.4. The highest BCUT2D eigenvalue weighted by atomic mass is 16.5. The lowest BCUT2D eigenvalue weighted by atomic mass is 10.0. The fourth-order valence-corrected chi connectivity index (χ4v) is 8.07. The highest BCUT2D eigenvalue weighted by Gasteiger charge is 2.21. The quantitative estimate of drug-likeness (QED) is 0.0472. The van der Waals surface area contributed by atoms with Crippen molar-refractivity contribution in [1.82, 2.24) is 25.3 Å². The van der Waals surface area contributed by atoms with Crippen LogP contribution in [0.4, 0.5) is 0 Å². The van der Waals surface area contributed by atoms with Crippen molar-refractivity contribution in [3.05, 3.63) is 0 Å². The summed E-state index contributed by atoms with van der Waals surface area (Å²) in [7, 11) is 0. The van der Waals surface area contributed by atoms with E-state index in [1.54, 1.807) is 0 Å². The van der Waals surface area contributed by atoms with Crippen LogP contribution in [0.5, 0.6) is 0 Å². The molecule has 57 heavy (non-hydrogen) atoms. The number of carbonyl (C=O) groups excluding carboxylic acids is 3. The number of nitrogens with zero attached hydrogens (tertiary/aromatic N) is 3. The van der Waals surface area contributed by atoms with Gasteiger partial charge in [-0.3, -0.25) is 19.3 Å². The van der Waals surface area contributed by atoms with Crippen LogP contribution in [-0.2, 0) is 19.1 Å². The van der Waals surface area contributed by atoms with Crippen LogP contribution >= 0.6 is 0 Å². The van der Waals surface area contributed by atoms with E-state index in [2.05, 4.69) is 66.9 Å². The molecule has 2 N–H and O–H groups in total. The summed E-state index contributed by atoms with van der Waals surface area (Å²) in [6, 6.07) is 0.532. The highest BCUT2D eigenvalue weighted by Crippen LogP contribution is 2.16. The normalized spacial score (nSPS) is 15.4. The molecule has 1 aliphatic heterocycles. The van der Waals surface area contributed by atoms with E-state index in [-0.39, 0.29) is 36.0 Å². The van der Waals surface area contributed by atoms with Gasteiger partial charge in [0, 0.05) is 83.8 Å². The van der Waals surface area contributed by atoms with Gasteiger partial charge in [-0.2, -0.15) is 0 Å². The van der Waals surface area contributed by atoms with Crippen LogP contribution in [0, 0.1) is 0 Å². The Labute approximate surface area is 353 Å². The maximum Gasteiger partial charge on any atom is 0.307 e. The average Bonchev–Trinajstić information content (AvgIpc) is 3.21. The lowest BCUT2D eigenvalue weighted by molar-refractivity contribution is -0.150. The van der Waals surface area contributed by atoms with Crippen molar-refractivity contribution >= 4 is 17.8 Å². The van der Waals surface area contributed by atoms with E-state index >= 15 is 0 Å². The van der Waals surface area contributed by atoms with Gasteiger partial charge in [0.25, 0.3) is 0 Å². The Hall–Kier alpha value is -1.71. The molecule has 0 radical (unpaired) electrons. The SMILES string of the molecule is CCCCCCC(CCCC)NC(=O)CCN(CCC(=O)NC(CCCC)CCCCCC)CCN1CCN(CCC(=O)OC(CCCC)CCCCCC)CC1. The van der Waals surface area contributed by atoms with E-state index in [1.807, 2.05) is 0 Å². The summed E-state index contributed by atoms with van der Waals surface area (Å²) >= 11 is 0. The summed E-state index contributed by atoms with van der Waals surface area (Å²) in [5.74, 6) is 0.250. The fraction of sp³-hybridized carbons (Fsp3) is 0.938. The maximum absolute atomic E-state index is 13.3. The molecule has 3 unspecified atom stereocenters. The molecule has 0 spiro atoms. The Morgan fingerprint density at radius 3 is 1.32 bits per heavy atom. The molecule has 9 heteroatoms. The molecule has 1 saturated heterocycles. The molecular weight excluding hydrogens is 711 g/mol. The van der Waals surface area contributed by atoms with Gasteiger partial charge in [-0.1, -0.05) is 151 Å². The molecule has 0 aromatic rings. The molecule has 9 nitrogen and oxygen atoms in total. The van der Waals surface area contributed by atoms with E-state index in [1.165, 1.54) is 70.6 Å². The topological polar surface area (TPSA) is 94.2 Å². The van der Waals surface area contributed by atoms with Crippen LogP contribution in [0.3, 0.4) is 0 Å². The van der Waals surface area contributed by atoms with Gasteiger partial charge in [-0.15, -0.1) is 0 Å². The van der Waals surface area contributed by atoms with Crippen LogP contribution < -0.4 is 10.6 Å². The van der Waals surface area contributed by atoms with Crippen molar-refractivity contribution in [1.29, 1.82) is 0 Å². The molecular formula is C48H95N5O4. The second-order valence-corrected chi connectivity index (χ2v) is 17.4. The average molecular weight is 806 g/mol. The van der Waals surface area contributed by atoms with Crippen molar-refractivity contribution in [2.24, 2.45) is 0 Å². The minimum absolute atomic E-state index is 0.0425. The molecule has 0 saturated carbocycles. The second kappa shape index (κ2) is 37.3. The van der Waals surface area contributed by atoms with Crippen LogP contribution in [-0.4, -0.2) is 110 Å². The predicted molar refractivity (Wildman–Crippen MR) is 242 cm³/mol. The molecule has 1 fully saturated rings. The third-order valence-corrected chi connectivity index (χ3v) is 12.1. The van der Waals surface area contributed by atoms with Gasteiger partial charge in [0.1, 0.15) is 6.10 Å². The number of piperazine rings is 1.